The molecule has 9 N–H and O–H groups in total. The SMILES string of the molecule is CCCC1NC(=O)[C@H](CCC(=O)O)NC(=O)CC(CCCCCCCCCCCC(C)C)OC(=O)C(C(C)C)NC(=O)C(CC(C)C)NC(=O)[C@H](CC(=O)O)NC(=O)C(CC(C)C)NC(=O)C(CC(C)C)NC1=O. The van der Waals surface area contributed by atoms with Gasteiger partial charge in [-0.15, -0.1) is 0 Å². The zero-order valence-electron chi connectivity index (χ0n) is 46.5. The predicted octanol–water partition coefficient (Wildman–Crippen LogP) is 5.58. The summed E-state index contributed by atoms with van der Waals surface area (Å²) in [5.41, 5.74) is 0. The standard InChI is InChI=1S/C54H95N7O13/c1-12-22-38-48(67)57-40(27-33(4)5)50(69)58-41(28-34(6)7)51(70)60-43(31-46(65)66)52(71)59-42(29-35(8)9)53(72)61-47(36(10)11)54(73)74-37(24-21-19-17-15-13-14-16-18-20-23-32(2)3)30-44(62)55-39(49(68)56-38)25-26-45(63)64/h32-43,47H,12-31H2,1-11H3,(H,55,62)(H,56,68)(H,57,67)(H,58,69)(H,59,71)(H,60,70)(H,61,72)(H,63,64)(H,65,66)/t37?,38?,39-,40?,41?,42?,43-,47?/m0/s1. The Kier molecular flexibility index (Phi) is 32.3. The van der Waals surface area contributed by atoms with Crippen molar-refractivity contribution in [1.82, 2.24) is 37.2 Å². The summed E-state index contributed by atoms with van der Waals surface area (Å²) in [5, 5.41) is 37.9. The molecule has 1 rings (SSSR count). The van der Waals surface area contributed by atoms with Crippen LogP contribution in [0.25, 0.3) is 0 Å². The molecule has 1 fully saturated rings. The molecule has 0 spiro atoms. The summed E-state index contributed by atoms with van der Waals surface area (Å²) in [5.74, 6) is -9.86. The van der Waals surface area contributed by atoms with Gasteiger partial charge in [-0.2, -0.15) is 0 Å². The van der Waals surface area contributed by atoms with Gasteiger partial charge in [0.05, 0.1) is 12.8 Å². The number of cyclic esters (lactones) is 1. The fourth-order valence-electron chi connectivity index (χ4n) is 8.76. The van der Waals surface area contributed by atoms with Gasteiger partial charge in [0.2, 0.25) is 41.4 Å². The Morgan fingerprint density at radius 3 is 1.28 bits per heavy atom. The summed E-state index contributed by atoms with van der Waals surface area (Å²) in [6.07, 6.45) is 7.93. The number of aliphatic carboxylic acids is 2. The first kappa shape index (κ1) is 66.7. The number of esters is 1. The first-order chi connectivity index (χ1) is 34.7. The summed E-state index contributed by atoms with van der Waals surface area (Å²) in [6.45, 7) is 20.3. The molecular formula is C54H95N7O13. The van der Waals surface area contributed by atoms with E-state index in [1.165, 1.54) is 25.7 Å². The lowest BCUT2D eigenvalue weighted by Gasteiger charge is -2.29. The maximum atomic E-state index is 14.1. The molecule has 1 heterocycles. The minimum atomic E-state index is -1.72. The topological polar surface area (TPSA) is 305 Å². The molecule has 7 amide bonds. The highest BCUT2D eigenvalue weighted by molar-refractivity contribution is 5.98. The number of carbonyl (C=O) groups is 10. The van der Waals surface area contributed by atoms with Crippen LogP contribution in [-0.2, 0) is 52.7 Å². The molecule has 1 aliphatic rings. The number of carboxylic acid groups (broad SMARTS) is 2. The molecular weight excluding hydrogens is 955 g/mol. The molecule has 0 saturated carbocycles. The summed E-state index contributed by atoms with van der Waals surface area (Å²) >= 11 is 0. The van der Waals surface area contributed by atoms with Crippen molar-refractivity contribution < 1.29 is 62.9 Å². The van der Waals surface area contributed by atoms with Crippen LogP contribution in [0.4, 0.5) is 0 Å². The Morgan fingerprint density at radius 1 is 0.473 bits per heavy atom. The number of hydrogen-bond acceptors (Lipinski definition) is 11. The molecule has 20 nitrogen and oxygen atoms in total. The van der Waals surface area contributed by atoms with E-state index in [2.05, 4.69) is 51.1 Å². The fourth-order valence-corrected chi connectivity index (χ4v) is 8.76. The average molecular weight is 1050 g/mol. The van der Waals surface area contributed by atoms with Crippen molar-refractivity contribution in [3.05, 3.63) is 0 Å². The molecule has 0 radical (unpaired) electrons. The van der Waals surface area contributed by atoms with E-state index >= 15 is 0 Å². The van der Waals surface area contributed by atoms with Gasteiger partial charge in [0.1, 0.15) is 48.4 Å². The van der Waals surface area contributed by atoms with E-state index in [1.54, 1.807) is 48.5 Å². The second-order valence-electron chi connectivity index (χ2n) is 22.3. The van der Waals surface area contributed by atoms with Crippen LogP contribution in [0, 0.1) is 29.6 Å². The number of unbranched alkanes of at least 4 members (excludes halogenated alkanes) is 8. The minimum Gasteiger partial charge on any atom is -0.481 e. The third kappa shape index (κ3) is 28.4. The number of carbonyl (C=O) groups excluding carboxylic acids is 8. The Bertz CT molecular complexity index is 1810. The van der Waals surface area contributed by atoms with Crippen LogP contribution in [0.3, 0.4) is 0 Å². The van der Waals surface area contributed by atoms with E-state index in [0.717, 1.165) is 32.1 Å². The Morgan fingerprint density at radius 2 is 0.865 bits per heavy atom. The van der Waals surface area contributed by atoms with Gasteiger partial charge in [-0.25, -0.2) is 4.79 Å². The summed E-state index contributed by atoms with van der Waals surface area (Å²) in [6, 6.07) is -9.59. The lowest BCUT2D eigenvalue weighted by atomic mass is 9.98. The largest absolute Gasteiger partial charge is 0.481 e. The molecule has 1 saturated heterocycles. The van der Waals surface area contributed by atoms with Crippen molar-refractivity contribution in [3.63, 3.8) is 0 Å². The molecule has 0 aromatic carbocycles. The first-order valence-electron chi connectivity index (χ1n) is 27.5. The molecule has 0 aromatic rings. The van der Waals surface area contributed by atoms with E-state index < -0.39 is 133 Å². The van der Waals surface area contributed by atoms with Crippen LogP contribution in [0.2, 0.25) is 0 Å². The molecule has 1 aliphatic heterocycles. The number of amides is 7. The van der Waals surface area contributed by atoms with E-state index in [0.29, 0.717) is 18.8 Å². The Hall–Kier alpha value is -5.30. The number of ether oxygens (including phenoxy) is 1. The van der Waals surface area contributed by atoms with Gasteiger partial charge < -0.3 is 52.2 Å². The van der Waals surface area contributed by atoms with Crippen molar-refractivity contribution >= 4 is 59.3 Å². The smallest absolute Gasteiger partial charge is 0.329 e. The van der Waals surface area contributed by atoms with Crippen LogP contribution < -0.4 is 37.2 Å². The van der Waals surface area contributed by atoms with Gasteiger partial charge in [-0.3, -0.25) is 43.2 Å². The Balaban J connectivity index is 3.84. The van der Waals surface area contributed by atoms with Gasteiger partial charge in [0, 0.05) is 6.42 Å². The van der Waals surface area contributed by atoms with Crippen LogP contribution in [0.15, 0.2) is 0 Å². The predicted molar refractivity (Wildman–Crippen MR) is 281 cm³/mol. The number of nitrogens with one attached hydrogen (secondary N) is 7. The summed E-state index contributed by atoms with van der Waals surface area (Å²) < 4.78 is 6.01. The molecule has 8 atom stereocenters. The lowest BCUT2D eigenvalue weighted by Crippen LogP contribution is -2.60. The molecule has 6 unspecified atom stereocenters. The highest BCUT2D eigenvalue weighted by Gasteiger charge is 2.37. The molecule has 20 heteroatoms. The quantitative estimate of drug-likeness (QED) is 0.0378. The van der Waals surface area contributed by atoms with Gasteiger partial charge in [0.25, 0.3) is 0 Å². The van der Waals surface area contributed by atoms with Gasteiger partial charge in [0.15, 0.2) is 0 Å². The normalized spacial score (nSPS) is 23.8. The molecule has 424 valence electrons. The van der Waals surface area contributed by atoms with Gasteiger partial charge >= 0.3 is 17.9 Å². The maximum Gasteiger partial charge on any atom is 0.329 e. The molecule has 74 heavy (non-hydrogen) atoms. The van der Waals surface area contributed by atoms with Crippen molar-refractivity contribution in [2.75, 3.05) is 0 Å². The molecule has 0 aromatic heterocycles. The van der Waals surface area contributed by atoms with Crippen molar-refractivity contribution in [2.24, 2.45) is 29.6 Å². The van der Waals surface area contributed by atoms with E-state index in [9.17, 15) is 58.2 Å². The number of rotatable bonds is 26. The number of hydrogen-bond donors (Lipinski definition) is 9. The molecule has 0 aliphatic carbocycles. The highest BCUT2D eigenvalue weighted by atomic mass is 16.5. The fraction of sp³-hybridized carbons (Fsp3) is 0.815. The lowest BCUT2D eigenvalue weighted by molar-refractivity contribution is -0.156. The van der Waals surface area contributed by atoms with Crippen molar-refractivity contribution in [3.8, 4) is 0 Å². The van der Waals surface area contributed by atoms with Crippen LogP contribution in [0.5, 0.6) is 0 Å². The van der Waals surface area contributed by atoms with Gasteiger partial charge in [-0.1, -0.05) is 140 Å². The van der Waals surface area contributed by atoms with E-state index in [1.807, 2.05) is 13.8 Å². The number of carboxylic acids is 2. The highest BCUT2D eigenvalue weighted by Crippen LogP contribution is 2.19. The van der Waals surface area contributed by atoms with Crippen LogP contribution in [0.1, 0.15) is 205 Å². The minimum absolute atomic E-state index is 0.0318. The van der Waals surface area contributed by atoms with Crippen molar-refractivity contribution in [2.45, 2.75) is 253 Å². The third-order valence-corrected chi connectivity index (χ3v) is 12.8. The summed E-state index contributed by atoms with van der Waals surface area (Å²) in [7, 11) is 0. The van der Waals surface area contributed by atoms with Crippen LogP contribution in [-0.4, -0.2) is 118 Å². The second-order valence-corrected chi connectivity index (χ2v) is 22.3. The summed E-state index contributed by atoms with van der Waals surface area (Å²) in [4.78, 5) is 136. The average Bonchev–Trinajstić information content (AvgIpc) is 3.28. The first-order valence-corrected chi connectivity index (χ1v) is 27.5. The van der Waals surface area contributed by atoms with Gasteiger partial charge in [-0.05, 0) is 74.5 Å². The third-order valence-electron chi connectivity index (χ3n) is 12.8. The van der Waals surface area contributed by atoms with Crippen LogP contribution >= 0.6 is 0 Å². The van der Waals surface area contributed by atoms with E-state index in [-0.39, 0.29) is 56.3 Å². The molecule has 0 bridgehead atoms. The van der Waals surface area contributed by atoms with Crippen molar-refractivity contribution in [1.29, 1.82) is 0 Å². The zero-order chi connectivity index (χ0) is 56.1. The Labute approximate surface area is 440 Å². The van der Waals surface area contributed by atoms with E-state index in [4.69, 9.17) is 4.74 Å². The second kappa shape index (κ2) is 35.8. The monoisotopic (exact) mass is 1050 g/mol. The maximum absolute atomic E-state index is 14.1. The zero-order valence-corrected chi connectivity index (χ0v) is 46.5.